The van der Waals surface area contributed by atoms with Crippen LogP contribution in [0.3, 0.4) is 0 Å². The van der Waals surface area contributed by atoms with Crippen molar-refractivity contribution in [2.75, 3.05) is 7.05 Å². The topological polar surface area (TPSA) is 41.1 Å². The van der Waals surface area contributed by atoms with Crippen molar-refractivity contribution in [2.45, 2.75) is 25.9 Å². The molecule has 1 atom stereocenters. The van der Waals surface area contributed by atoms with Crippen molar-refractivity contribution in [1.29, 1.82) is 0 Å². The molecule has 15 heavy (non-hydrogen) atoms. The van der Waals surface area contributed by atoms with Crippen molar-refractivity contribution < 1.29 is 4.79 Å². The summed E-state index contributed by atoms with van der Waals surface area (Å²) in [7, 11) is 1.66. The molecule has 0 aliphatic heterocycles. The Morgan fingerprint density at radius 3 is 2.60 bits per heavy atom. The van der Waals surface area contributed by atoms with Crippen LogP contribution in [0.4, 0.5) is 0 Å². The average Bonchev–Trinajstić information content (AvgIpc) is 2.27. The zero-order chi connectivity index (χ0) is 11.1. The number of carbonyl (C=O) groups is 1. The summed E-state index contributed by atoms with van der Waals surface area (Å²) in [5, 5.41) is 5.92. The predicted octanol–water partition coefficient (Wildman–Crippen LogP) is 1.30. The zero-order valence-corrected chi connectivity index (χ0v) is 9.29. The maximum absolute atomic E-state index is 11.1. The van der Waals surface area contributed by atoms with Crippen molar-refractivity contribution in [2.24, 2.45) is 0 Å². The summed E-state index contributed by atoms with van der Waals surface area (Å²) < 4.78 is 0. The summed E-state index contributed by atoms with van der Waals surface area (Å²) >= 11 is 0. The number of benzene rings is 1. The van der Waals surface area contributed by atoms with Gasteiger partial charge in [0.25, 0.3) is 0 Å². The molecule has 0 heterocycles. The van der Waals surface area contributed by atoms with Gasteiger partial charge in [-0.15, -0.1) is 0 Å². The van der Waals surface area contributed by atoms with E-state index in [0.717, 1.165) is 6.54 Å². The third kappa shape index (κ3) is 4.61. The van der Waals surface area contributed by atoms with Crippen molar-refractivity contribution >= 4 is 5.91 Å². The predicted molar refractivity (Wildman–Crippen MR) is 61.4 cm³/mol. The fourth-order valence-corrected chi connectivity index (χ4v) is 1.34. The number of rotatable bonds is 5. The van der Waals surface area contributed by atoms with Crippen LogP contribution in [0, 0.1) is 0 Å². The first kappa shape index (κ1) is 11.7. The fraction of sp³-hybridized carbons (Fsp3) is 0.417. The molecule has 1 aromatic rings. The summed E-state index contributed by atoms with van der Waals surface area (Å²) in [6.07, 6.45) is 0.517. The summed E-state index contributed by atoms with van der Waals surface area (Å²) in [6, 6.07) is 10.4. The molecule has 1 rings (SSSR count). The number of carbonyl (C=O) groups excluding carboxylic acids is 1. The Balaban J connectivity index is 2.28. The summed E-state index contributed by atoms with van der Waals surface area (Å²) in [5.74, 6) is 0.0723. The molecule has 0 saturated carbocycles. The van der Waals surface area contributed by atoms with E-state index in [-0.39, 0.29) is 11.9 Å². The molecule has 3 nitrogen and oxygen atoms in total. The van der Waals surface area contributed by atoms with E-state index in [4.69, 9.17) is 0 Å². The molecule has 0 saturated heterocycles. The third-order valence-electron chi connectivity index (χ3n) is 2.27. The normalized spacial score (nSPS) is 12.1. The van der Waals surface area contributed by atoms with E-state index < -0.39 is 0 Å². The number of amides is 1. The second-order valence-electron chi connectivity index (χ2n) is 3.64. The van der Waals surface area contributed by atoms with Gasteiger partial charge in [0.15, 0.2) is 0 Å². The number of nitrogens with one attached hydrogen (secondary N) is 2. The SMILES string of the molecule is CNC(=O)CC(C)NCc1ccccc1. The molecule has 0 fully saturated rings. The molecule has 0 radical (unpaired) electrons. The van der Waals surface area contributed by atoms with E-state index >= 15 is 0 Å². The van der Waals surface area contributed by atoms with Crippen molar-refractivity contribution in [3.8, 4) is 0 Å². The van der Waals surface area contributed by atoms with Gasteiger partial charge >= 0.3 is 0 Å². The van der Waals surface area contributed by atoms with E-state index in [9.17, 15) is 4.79 Å². The highest BCUT2D eigenvalue weighted by Crippen LogP contribution is 1.99. The highest BCUT2D eigenvalue weighted by atomic mass is 16.1. The van der Waals surface area contributed by atoms with Crippen LogP contribution in [0.25, 0.3) is 0 Å². The highest BCUT2D eigenvalue weighted by Gasteiger charge is 2.06. The van der Waals surface area contributed by atoms with Crippen LogP contribution in [-0.2, 0) is 11.3 Å². The lowest BCUT2D eigenvalue weighted by Gasteiger charge is -2.12. The molecule has 3 heteroatoms. The molecule has 0 aliphatic carbocycles. The summed E-state index contributed by atoms with van der Waals surface area (Å²) in [4.78, 5) is 11.1. The molecule has 2 N–H and O–H groups in total. The van der Waals surface area contributed by atoms with Crippen molar-refractivity contribution in [3.63, 3.8) is 0 Å². The Bertz CT molecular complexity index is 298. The van der Waals surface area contributed by atoms with Gasteiger partial charge in [-0.05, 0) is 12.5 Å². The Labute approximate surface area is 90.9 Å². The summed E-state index contributed by atoms with van der Waals surface area (Å²) in [6.45, 7) is 2.82. The number of hydrogen-bond acceptors (Lipinski definition) is 2. The lowest BCUT2D eigenvalue weighted by molar-refractivity contribution is -0.121. The Morgan fingerprint density at radius 2 is 2.00 bits per heavy atom. The van der Waals surface area contributed by atoms with Crippen LogP contribution >= 0.6 is 0 Å². The van der Waals surface area contributed by atoms with Gasteiger partial charge in [-0.25, -0.2) is 0 Å². The van der Waals surface area contributed by atoms with Gasteiger partial charge in [0.2, 0.25) is 5.91 Å². The van der Waals surface area contributed by atoms with Crippen molar-refractivity contribution in [1.82, 2.24) is 10.6 Å². The molecule has 82 valence electrons. The Morgan fingerprint density at radius 1 is 1.33 bits per heavy atom. The van der Waals surface area contributed by atoms with Crippen LogP contribution in [0.15, 0.2) is 30.3 Å². The summed E-state index contributed by atoms with van der Waals surface area (Å²) in [5.41, 5.74) is 1.24. The second-order valence-corrected chi connectivity index (χ2v) is 3.64. The van der Waals surface area contributed by atoms with E-state index in [1.165, 1.54) is 5.56 Å². The van der Waals surface area contributed by atoms with Crippen LogP contribution in [-0.4, -0.2) is 19.0 Å². The molecule has 1 amide bonds. The molecule has 1 unspecified atom stereocenters. The second kappa shape index (κ2) is 6.19. The highest BCUT2D eigenvalue weighted by molar-refractivity contribution is 5.76. The molecule has 0 aliphatic rings. The smallest absolute Gasteiger partial charge is 0.221 e. The van der Waals surface area contributed by atoms with Gasteiger partial charge in [0.1, 0.15) is 0 Å². The van der Waals surface area contributed by atoms with E-state index in [0.29, 0.717) is 6.42 Å². The van der Waals surface area contributed by atoms with Crippen LogP contribution in [0.2, 0.25) is 0 Å². The van der Waals surface area contributed by atoms with Crippen molar-refractivity contribution in [3.05, 3.63) is 35.9 Å². The first-order valence-electron chi connectivity index (χ1n) is 5.20. The minimum atomic E-state index is 0.0723. The van der Waals surface area contributed by atoms with Crippen LogP contribution < -0.4 is 10.6 Å². The number of hydrogen-bond donors (Lipinski definition) is 2. The van der Waals surface area contributed by atoms with Crippen LogP contribution in [0.5, 0.6) is 0 Å². The largest absolute Gasteiger partial charge is 0.359 e. The van der Waals surface area contributed by atoms with Crippen LogP contribution in [0.1, 0.15) is 18.9 Å². The Kier molecular flexibility index (Phi) is 4.84. The first-order chi connectivity index (χ1) is 7.22. The van der Waals surface area contributed by atoms with E-state index in [2.05, 4.69) is 22.8 Å². The molecule has 0 aromatic heterocycles. The molecule has 0 spiro atoms. The van der Waals surface area contributed by atoms with Gasteiger partial charge in [0, 0.05) is 26.1 Å². The first-order valence-corrected chi connectivity index (χ1v) is 5.20. The average molecular weight is 206 g/mol. The lowest BCUT2D eigenvalue weighted by Crippen LogP contribution is -2.31. The van der Waals surface area contributed by atoms with E-state index in [1.54, 1.807) is 7.05 Å². The molecular weight excluding hydrogens is 188 g/mol. The molecule has 1 aromatic carbocycles. The van der Waals surface area contributed by atoms with Gasteiger partial charge in [-0.1, -0.05) is 30.3 Å². The quantitative estimate of drug-likeness (QED) is 0.762. The monoisotopic (exact) mass is 206 g/mol. The molecular formula is C12H18N2O. The minimum absolute atomic E-state index is 0.0723. The maximum atomic E-state index is 11.1. The van der Waals surface area contributed by atoms with Gasteiger partial charge in [0.05, 0.1) is 0 Å². The fourth-order valence-electron chi connectivity index (χ4n) is 1.34. The lowest BCUT2D eigenvalue weighted by atomic mass is 10.2. The van der Waals surface area contributed by atoms with Gasteiger partial charge in [-0.3, -0.25) is 4.79 Å². The minimum Gasteiger partial charge on any atom is -0.359 e. The maximum Gasteiger partial charge on any atom is 0.221 e. The zero-order valence-electron chi connectivity index (χ0n) is 9.29. The van der Waals surface area contributed by atoms with Gasteiger partial charge < -0.3 is 10.6 Å². The van der Waals surface area contributed by atoms with E-state index in [1.807, 2.05) is 25.1 Å². The van der Waals surface area contributed by atoms with Gasteiger partial charge in [-0.2, -0.15) is 0 Å². The third-order valence-corrected chi connectivity index (χ3v) is 2.27. The standard InChI is InChI=1S/C12H18N2O/c1-10(8-12(15)13-2)14-9-11-6-4-3-5-7-11/h3-7,10,14H,8-9H2,1-2H3,(H,13,15). The Hall–Kier alpha value is -1.35. The molecule has 0 bridgehead atoms.